The lowest BCUT2D eigenvalue weighted by atomic mass is 10.3. The molecule has 0 radical (unpaired) electrons. The highest BCUT2D eigenvalue weighted by atomic mass is 127. The van der Waals surface area contributed by atoms with Crippen LogP contribution < -0.4 is 10.3 Å². The van der Waals surface area contributed by atoms with Gasteiger partial charge in [-0.25, -0.2) is 4.98 Å². The predicted octanol–water partition coefficient (Wildman–Crippen LogP) is 2.53. The minimum Gasteiger partial charge on any atom is -0.497 e. The molecule has 1 aromatic heterocycles. The number of H-pyrrole nitrogens is 1. The maximum Gasteiger partial charge on any atom is 0.265 e. The van der Waals surface area contributed by atoms with E-state index in [0.29, 0.717) is 8.60 Å². The van der Waals surface area contributed by atoms with Gasteiger partial charge in [0.1, 0.15) is 14.3 Å². The molecule has 4 nitrogen and oxygen atoms in total. The van der Waals surface area contributed by atoms with Crippen LogP contribution in [0.2, 0.25) is 0 Å². The summed E-state index contributed by atoms with van der Waals surface area (Å²) in [4.78, 5) is 19.1. The Morgan fingerprint density at radius 2 is 2.29 bits per heavy atom. The Hall–Kier alpha value is -1.02. The standard InChI is InChI=1S/C11H9IN2O2S/c1-16-7-3-2-4-8(5-7)17-11-9(12)10(15)13-6-14-11/h2-6H,1H3,(H,13,14,15). The Labute approximate surface area is 116 Å². The molecule has 1 N–H and O–H groups in total. The molecule has 6 heteroatoms. The summed E-state index contributed by atoms with van der Waals surface area (Å²) in [6.45, 7) is 0. The lowest BCUT2D eigenvalue weighted by molar-refractivity contribution is 0.413. The number of nitrogens with zero attached hydrogens (tertiary/aromatic N) is 1. The molecule has 0 spiro atoms. The van der Waals surface area contributed by atoms with Gasteiger partial charge in [-0.15, -0.1) is 0 Å². The van der Waals surface area contributed by atoms with Gasteiger partial charge < -0.3 is 9.72 Å². The molecule has 0 atom stereocenters. The van der Waals surface area contributed by atoms with E-state index in [9.17, 15) is 4.79 Å². The fraction of sp³-hybridized carbons (Fsp3) is 0.0909. The van der Waals surface area contributed by atoms with Crippen molar-refractivity contribution in [2.45, 2.75) is 9.92 Å². The van der Waals surface area contributed by atoms with Crippen LogP contribution in [0.15, 0.2) is 45.3 Å². The number of nitrogens with one attached hydrogen (secondary N) is 1. The summed E-state index contributed by atoms with van der Waals surface area (Å²) >= 11 is 3.43. The van der Waals surface area contributed by atoms with Crippen LogP contribution >= 0.6 is 34.4 Å². The second kappa shape index (κ2) is 5.54. The van der Waals surface area contributed by atoms with Gasteiger partial charge in [0.05, 0.1) is 13.4 Å². The highest BCUT2D eigenvalue weighted by Gasteiger charge is 2.07. The zero-order valence-corrected chi connectivity index (χ0v) is 11.9. The number of methoxy groups -OCH3 is 1. The predicted molar refractivity (Wildman–Crippen MR) is 74.7 cm³/mol. The van der Waals surface area contributed by atoms with Crippen molar-refractivity contribution in [3.63, 3.8) is 0 Å². The summed E-state index contributed by atoms with van der Waals surface area (Å²) in [5.74, 6) is 0.787. The zero-order chi connectivity index (χ0) is 12.3. The first kappa shape index (κ1) is 12.4. The second-order valence-electron chi connectivity index (χ2n) is 3.13. The van der Waals surface area contributed by atoms with Crippen LogP contribution in [0, 0.1) is 3.57 Å². The minimum absolute atomic E-state index is 0.119. The van der Waals surface area contributed by atoms with Gasteiger partial charge in [-0.2, -0.15) is 0 Å². The van der Waals surface area contributed by atoms with Crippen LogP contribution in [-0.4, -0.2) is 17.1 Å². The fourth-order valence-electron chi connectivity index (χ4n) is 1.21. The molecule has 0 saturated carbocycles. The largest absolute Gasteiger partial charge is 0.497 e. The van der Waals surface area contributed by atoms with Crippen LogP contribution in [0.5, 0.6) is 5.75 Å². The molecule has 0 fully saturated rings. The topological polar surface area (TPSA) is 55.0 Å². The zero-order valence-electron chi connectivity index (χ0n) is 8.94. The molecule has 2 rings (SSSR count). The van der Waals surface area contributed by atoms with E-state index in [1.165, 1.54) is 18.1 Å². The molecule has 0 saturated heterocycles. The van der Waals surface area contributed by atoms with Gasteiger partial charge in [0.2, 0.25) is 0 Å². The monoisotopic (exact) mass is 360 g/mol. The highest BCUT2D eigenvalue weighted by molar-refractivity contribution is 14.1. The molecule has 0 aliphatic rings. The first-order chi connectivity index (χ1) is 8.20. The Morgan fingerprint density at radius 3 is 3.06 bits per heavy atom. The second-order valence-corrected chi connectivity index (χ2v) is 5.27. The lowest BCUT2D eigenvalue weighted by Crippen LogP contribution is -2.10. The first-order valence-electron chi connectivity index (χ1n) is 4.76. The van der Waals surface area contributed by atoms with E-state index >= 15 is 0 Å². The molecule has 0 aliphatic carbocycles. The smallest absolute Gasteiger partial charge is 0.265 e. The maximum absolute atomic E-state index is 11.4. The number of ether oxygens (including phenoxy) is 1. The Morgan fingerprint density at radius 1 is 1.47 bits per heavy atom. The summed E-state index contributed by atoms with van der Waals surface area (Å²) in [7, 11) is 1.62. The van der Waals surface area contributed by atoms with Crippen molar-refractivity contribution >= 4 is 34.4 Å². The number of aromatic amines is 1. The van der Waals surface area contributed by atoms with Gasteiger partial charge in [-0.1, -0.05) is 17.8 Å². The van der Waals surface area contributed by atoms with Crippen LogP contribution in [0.25, 0.3) is 0 Å². The fourth-order valence-corrected chi connectivity index (χ4v) is 2.67. The van der Waals surface area contributed by atoms with E-state index < -0.39 is 0 Å². The third kappa shape index (κ3) is 3.01. The van der Waals surface area contributed by atoms with Crippen molar-refractivity contribution in [1.82, 2.24) is 9.97 Å². The van der Waals surface area contributed by atoms with Gasteiger partial charge in [-0.3, -0.25) is 4.79 Å². The molecule has 2 aromatic rings. The van der Waals surface area contributed by atoms with Crippen LogP contribution in [0.4, 0.5) is 0 Å². The van der Waals surface area contributed by atoms with Crippen molar-refractivity contribution in [1.29, 1.82) is 0 Å². The molecule has 0 bridgehead atoms. The normalized spacial score (nSPS) is 10.2. The van der Waals surface area contributed by atoms with Crippen molar-refractivity contribution in [2.24, 2.45) is 0 Å². The van der Waals surface area contributed by atoms with Crippen molar-refractivity contribution in [3.05, 3.63) is 44.5 Å². The van der Waals surface area contributed by atoms with E-state index in [4.69, 9.17) is 4.74 Å². The molecule has 1 heterocycles. The number of benzene rings is 1. The lowest BCUT2D eigenvalue weighted by Gasteiger charge is -2.04. The van der Waals surface area contributed by atoms with Crippen molar-refractivity contribution in [3.8, 4) is 5.75 Å². The molecule has 0 aliphatic heterocycles. The van der Waals surface area contributed by atoms with Gasteiger partial charge in [0.15, 0.2) is 0 Å². The summed E-state index contributed by atoms with van der Waals surface area (Å²) in [5, 5.41) is 0.697. The highest BCUT2D eigenvalue weighted by Crippen LogP contribution is 2.29. The SMILES string of the molecule is COc1cccc(Sc2nc[nH]c(=O)c2I)c1. The van der Waals surface area contributed by atoms with Crippen molar-refractivity contribution in [2.75, 3.05) is 7.11 Å². The van der Waals surface area contributed by atoms with Gasteiger partial charge >= 0.3 is 0 Å². The van der Waals surface area contributed by atoms with Crippen molar-refractivity contribution < 1.29 is 4.74 Å². The summed E-state index contributed by atoms with van der Waals surface area (Å²) in [6, 6.07) is 7.64. The molecule has 88 valence electrons. The molecule has 1 aromatic carbocycles. The van der Waals surface area contributed by atoms with Crippen LogP contribution in [-0.2, 0) is 0 Å². The van der Waals surface area contributed by atoms with Crippen LogP contribution in [0.3, 0.4) is 0 Å². The number of hydrogen-bond donors (Lipinski definition) is 1. The Balaban J connectivity index is 2.31. The van der Waals surface area contributed by atoms with E-state index in [1.54, 1.807) is 7.11 Å². The summed E-state index contributed by atoms with van der Waals surface area (Å²) in [5.41, 5.74) is -0.119. The minimum atomic E-state index is -0.119. The van der Waals surface area contributed by atoms with E-state index in [1.807, 2.05) is 46.9 Å². The van der Waals surface area contributed by atoms with E-state index in [0.717, 1.165) is 10.6 Å². The average Bonchev–Trinajstić information content (AvgIpc) is 2.35. The number of halogens is 1. The Kier molecular flexibility index (Phi) is 4.06. The average molecular weight is 360 g/mol. The molecular weight excluding hydrogens is 351 g/mol. The Bertz CT molecular complexity index is 586. The van der Waals surface area contributed by atoms with E-state index in [-0.39, 0.29) is 5.56 Å². The molecule has 17 heavy (non-hydrogen) atoms. The quantitative estimate of drug-likeness (QED) is 0.675. The van der Waals surface area contributed by atoms with Gasteiger partial charge in [0, 0.05) is 4.90 Å². The third-order valence-corrected chi connectivity index (χ3v) is 4.38. The molecule has 0 amide bonds. The van der Waals surface area contributed by atoms with Gasteiger partial charge in [-0.05, 0) is 40.8 Å². The summed E-state index contributed by atoms with van der Waals surface area (Å²) < 4.78 is 5.74. The third-order valence-electron chi connectivity index (χ3n) is 2.02. The molecule has 0 unspecified atom stereocenters. The first-order valence-corrected chi connectivity index (χ1v) is 6.65. The number of rotatable bonds is 3. The van der Waals surface area contributed by atoms with Crippen LogP contribution in [0.1, 0.15) is 0 Å². The number of aromatic nitrogens is 2. The molecular formula is C11H9IN2O2S. The summed E-state index contributed by atoms with van der Waals surface area (Å²) in [6.07, 6.45) is 1.41. The van der Waals surface area contributed by atoms with E-state index in [2.05, 4.69) is 9.97 Å². The maximum atomic E-state index is 11.4. The van der Waals surface area contributed by atoms with Gasteiger partial charge in [0.25, 0.3) is 5.56 Å². The number of hydrogen-bond acceptors (Lipinski definition) is 4.